The van der Waals surface area contributed by atoms with E-state index in [9.17, 15) is 15.2 Å². The standard InChI is InChI=1S/C13H20N2O4S/c1-8-6-14(7-13(3,4)19-8)12-10(15(17)18)5-11(20-12)9(2)16/h5,8-9,16H,6-7H2,1-4H3/t8?,9-/m0/s1. The van der Waals surface area contributed by atoms with Gasteiger partial charge in [-0.2, -0.15) is 0 Å². The highest BCUT2D eigenvalue weighted by Gasteiger charge is 2.35. The first kappa shape index (κ1) is 15.2. The van der Waals surface area contributed by atoms with Crippen LogP contribution in [-0.4, -0.2) is 34.8 Å². The summed E-state index contributed by atoms with van der Waals surface area (Å²) in [4.78, 5) is 13.4. The van der Waals surface area contributed by atoms with E-state index in [-0.39, 0.29) is 22.3 Å². The molecule has 6 nitrogen and oxygen atoms in total. The molecule has 2 heterocycles. The molecule has 0 bridgehead atoms. The van der Waals surface area contributed by atoms with Gasteiger partial charge in [-0.3, -0.25) is 10.1 Å². The molecule has 112 valence electrons. The van der Waals surface area contributed by atoms with Gasteiger partial charge in [-0.1, -0.05) is 0 Å². The van der Waals surface area contributed by atoms with E-state index in [1.807, 2.05) is 25.7 Å². The molecule has 0 saturated carbocycles. The third-order valence-electron chi connectivity index (χ3n) is 3.18. The molecule has 7 heteroatoms. The van der Waals surface area contributed by atoms with Gasteiger partial charge < -0.3 is 14.7 Å². The number of aliphatic hydroxyl groups excluding tert-OH is 1. The number of nitro groups is 1. The van der Waals surface area contributed by atoms with Gasteiger partial charge in [0, 0.05) is 24.0 Å². The molecule has 2 rings (SSSR count). The fourth-order valence-electron chi connectivity index (χ4n) is 2.56. The number of ether oxygens (including phenoxy) is 1. The smallest absolute Gasteiger partial charge is 0.304 e. The highest BCUT2D eigenvalue weighted by molar-refractivity contribution is 7.16. The summed E-state index contributed by atoms with van der Waals surface area (Å²) in [6.45, 7) is 8.74. The van der Waals surface area contributed by atoms with Crippen LogP contribution >= 0.6 is 11.3 Å². The number of anilines is 1. The number of aliphatic hydroxyl groups is 1. The molecule has 20 heavy (non-hydrogen) atoms. The zero-order valence-corrected chi connectivity index (χ0v) is 12.9. The van der Waals surface area contributed by atoms with Crippen molar-refractivity contribution >= 4 is 22.0 Å². The second-order valence-electron chi connectivity index (χ2n) is 5.84. The van der Waals surface area contributed by atoms with Crippen LogP contribution in [0.15, 0.2) is 6.07 Å². The molecule has 0 aromatic carbocycles. The molecule has 1 aliphatic heterocycles. The Hall–Kier alpha value is -1.18. The molecule has 0 radical (unpaired) electrons. The molecule has 1 aromatic heterocycles. The van der Waals surface area contributed by atoms with E-state index < -0.39 is 6.10 Å². The Bertz CT molecular complexity index is 512. The summed E-state index contributed by atoms with van der Waals surface area (Å²) in [6.07, 6.45) is -0.686. The topological polar surface area (TPSA) is 75.8 Å². The first-order chi connectivity index (χ1) is 9.19. The lowest BCUT2D eigenvalue weighted by molar-refractivity contribution is -0.383. The average molecular weight is 300 g/mol. The highest BCUT2D eigenvalue weighted by atomic mass is 32.1. The van der Waals surface area contributed by atoms with Gasteiger partial charge in [0.05, 0.1) is 22.7 Å². The van der Waals surface area contributed by atoms with Crippen molar-refractivity contribution < 1.29 is 14.8 Å². The van der Waals surface area contributed by atoms with Gasteiger partial charge in [0.1, 0.15) is 0 Å². The Morgan fingerprint density at radius 2 is 2.30 bits per heavy atom. The van der Waals surface area contributed by atoms with Crippen molar-refractivity contribution in [3.63, 3.8) is 0 Å². The summed E-state index contributed by atoms with van der Waals surface area (Å²) in [7, 11) is 0. The van der Waals surface area contributed by atoms with Gasteiger partial charge in [0.2, 0.25) is 0 Å². The summed E-state index contributed by atoms with van der Waals surface area (Å²) < 4.78 is 5.82. The summed E-state index contributed by atoms with van der Waals surface area (Å²) in [6, 6.07) is 1.47. The Morgan fingerprint density at radius 1 is 1.65 bits per heavy atom. The number of thiophene rings is 1. The van der Waals surface area contributed by atoms with Crippen molar-refractivity contribution in [3.8, 4) is 0 Å². The minimum absolute atomic E-state index is 0.00968. The summed E-state index contributed by atoms with van der Waals surface area (Å²) in [5.41, 5.74) is -0.281. The van der Waals surface area contributed by atoms with Gasteiger partial charge in [0.25, 0.3) is 0 Å². The van der Waals surface area contributed by atoms with E-state index in [2.05, 4.69) is 0 Å². The molecule has 0 spiro atoms. The molecule has 1 unspecified atom stereocenters. The van der Waals surface area contributed by atoms with Crippen LogP contribution in [0.4, 0.5) is 10.7 Å². The van der Waals surface area contributed by atoms with Crippen molar-refractivity contribution in [1.82, 2.24) is 0 Å². The molecule has 1 fully saturated rings. The quantitative estimate of drug-likeness (QED) is 0.686. The number of hydrogen-bond acceptors (Lipinski definition) is 6. The van der Waals surface area contributed by atoms with Crippen molar-refractivity contribution in [3.05, 3.63) is 21.1 Å². The first-order valence-electron chi connectivity index (χ1n) is 6.58. The zero-order valence-electron chi connectivity index (χ0n) is 12.1. The van der Waals surface area contributed by atoms with Gasteiger partial charge >= 0.3 is 5.69 Å². The van der Waals surface area contributed by atoms with Crippen LogP contribution in [0.25, 0.3) is 0 Å². The zero-order chi connectivity index (χ0) is 15.1. The predicted octanol–water partition coefficient (Wildman–Crippen LogP) is 2.71. The SMILES string of the molecule is CC1CN(c2sc([C@H](C)O)cc2[N+](=O)[O-])CC(C)(C)O1. The second-order valence-corrected chi connectivity index (χ2v) is 6.90. The lowest BCUT2D eigenvalue weighted by Crippen LogP contribution is -2.51. The van der Waals surface area contributed by atoms with Crippen LogP contribution in [0.5, 0.6) is 0 Å². The van der Waals surface area contributed by atoms with E-state index in [4.69, 9.17) is 4.74 Å². The number of nitrogens with zero attached hydrogens (tertiary/aromatic N) is 2. The minimum atomic E-state index is -0.695. The van der Waals surface area contributed by atoms with Gasteiger partial charge in [0.15, 0.2) is 5.00 Å². The summed E-state index contributed by atoms with van der Waals surface area (Å²) >= 11 is 1.28. The van der Waals surface area contributed by atoms with Crippen LogP contribution in [0.1, 0.15) is 38.7 Å². The highest BCUT2D eigenvalue weighted by Crippen LogP contribution is 2.41. The molecule has 1 N–H and O–H groups in total. The normalized spacial score (nSPS) is 23.6. The molecular weight excluding hydrogens is 280 g/mol. The molecular formula is C13H20N2O4S. The molecule has 1 aliphatic rings. The van der Waals surface area contributed by atoms with Crippen LogP contribution < -0.4 is 4.90 Å². The van der Waals surface area contributed by atoms with Crippen LogP contribution in [0, 0.1) is 10.1 Å². The lowest BCUT2D eigenvalue weighted by atomic mass is 10.1. The van der Waals surface area contributed by atoms with Crippen molar-refractivity contribution in [1.29, 1.82) is 0 Å². The monoisotopic (exact) mass is 300 g/mol. The maximum atomic E-state index is 11.2. The third-order valence-corrected chi connectivity index (χ3v) is 4.53. The molecule has 2 atom stereocenters. The van der Waals surface area contributed by atoms with E-state index in [0.717, 1.165) is 0 Å². The molecule has 0 aliphatic carbocycles. The number of hydrogen-bond donors (Lipinski definition) is 1. The lowest BCUT2D eigenvalue weighted by Gasteiger charge is -2.41. The fraction of sp³-hybridized carbons (Fsp3) is 0.692. The van der Waals surface area contributed by atoms with Crippen LogP contribution in [-0.2, 0) is 4.74 Å². The molecule has 1 aromatic rings. The van der Waals surface area contributed by atoms with Gasteiger partial charge in [-0.05, 0) is 27.7 Å². The van der Waals surface area contributed by atoms with Crippen LogP contribution in [0.2, 0.25) is 0 Å². The second kappa shape index (κ2) is 5.31. The van der Waals surface area contributed by atoms with Crippen molar-refractivity contribution in [2.24, 2.45) is 0 Å². The fourth-order valence-corrected chi connectivity index (χ4v) is 3.63. The molecule has 1 saturated heterocycles. The van der Waals surface area contributed by atoms with E-state index in [0.29, 0.717) is 23.0 Å². The van der Waals surface area contributed by atoms with Crippen molar-refractivity contribution in [2.75, 3.05) is 18.0 Å². The Labute approximate surface area is 122 Å². The Morgan fingerprint density at radius 3 is 2.80 bits per heavy atom. The maximum Gasteiger partial charge on any atom is 0.304 e. The van der Waals surface area contributed by atoms with E-state index in [1.54, 1.807) is 6.92 Å². The third kappa shape index (κ3) is 3.11. The Kier molecular flexibility index (Phi) is 4.04. The molecule has 0 amide bonds. The largest absolute Gasteiger partial charge is 0.388 e. The average Bonchev–Trinajstić information content (AvgIpc) is 2.70. The summed E-state index contributed by atoms with van der Waals surface area (Å²) in [5.74, 6) is 0. The predicted molar refractivity (Wildman–Crippen MR) is 78.4 cm³/mol. The Balaban J connectivity index is 2.38. The van der Waals surface area contributed by atoms with Crippen LogP contribution in [0.3, 0.4) is 0 Å². The minimum Gasteiger partial charge on any atom is -0.388 e. The maximum absolute atomic E-state index is 11.2. The first-order valence-corrected chi connectivity index (χ1v) is 7.40. The van der Waals surface area contributed by atoms with Gasteiger partial charge in [-0.25, -0.2) is 0 Å². The van der Waals surface area contributed by atoms with Gasteiger partial charge in [-0.15, -0.1) is 11.3 Å². The van der Waals surface area contributed by atoms with E-state index in [1.165, 1.54) is 17.4 Å². The summed E-state index contributed by atoms with van der Waals surface area (Å²) in [5, 5.41) is 21.5. The van der Waals surface area contributed by atoms with E-state index >= 15 is 0 Å². The number of morpholine rings is 1. The number of rotatable bonds is 3. The van der Waals surface area contributed by atoms with Crippen molar-refractivity contribution in [2.45, 2.75) is 45.5 Å².